The van der Waals surface area contributed by atoms with Crippen LogP contribution in [0.4, 0.5) is 0 Å². The van der Waals surface area contributed by atoms with Gasteiger partial charge in [0.25, 0.3) is 0 Å². The Balaban J connectivity index is 2.15. The van der Waals surface area contributed by atoms with Crippen LogP contribution in [0.2, 0.25) is 0 Å². The number of halogens is 2. The second kappa shape index (κ2) is 6.50. The van der Waals surface area contributed by atoms with Gasteiger partial charge in [0.2, 0.25) is 0 Å². The molecule has 3 nitrogen and oxygen atoms in total. The van der Waals surface area contributed by atoms with Crippen LogP contribution in [0.1, 0.15) is 18.7 Å². The number of aromatic nitrogens is 1. The molecule has 0 saturated heterocycles. The summed E-state index contributed by atoms with van der Waals surface area (Å²) in [6.45, 7) is 2.06. The number of nitrogens with zero attached hydrogens (tertiary/aromatic N) is 1. The molecule has 5 heteroatoms. The van der Waals surface area contributed by atoms with Gasteiger partial charge in [0.1, 0.15) is 11.5 Å². The number of ether oxygens (including phenoxy) is 1. The van der Waals surface area contributed by atoms with Gasteiger partial charge in [-0.05, 0) is 60.2 Å². The number of benzene rings is 1. The topological polar surface area (TPSA) is 34.1 Å². The first-order valence-electron chi connectivity index (χ1n) is 5.86. The second-order valence-electron chi connectivity index (χ2n) is 4.11. The van der Waals surface area contributed by atoms with Gasteiger partial charge in [-0.25, -0.2) is 0 Å². The van der Waals surface area contributed by atoms with Crippen molar-refractivity contribution in [3.05, 3.63) is 51.2 Å². The van der Waals surface area contributed by atoms with Gasteiger partial charge < -0.3 is 10.1 Å². The zero-order valence-corrected chi connectivity index (χ0v) is 13.8. The van der Waals surface area contributed by atoms with Crippen LogP contribution in [0.3, 0.4) is 0 Å². The van der Waals surface area contributed by atoms with Gasteiger partial charge in [-0.2, -0.15) is 0 Å². The molecule has 1 aromatic heterocycles. The van der Waals surface area contributed by atoms with E-state index in [1.54, 1.807) is 6.20 Å². The molecule has 0 amide bonds. The molecule has 100 valence electrons. The van der Waals surface area contributed by atoms with Crippen molar-refractivity contribution < 1.29 is 4.74 Å². The maximum atomic E-state index is 5.78. The lowest BCUT2D eigenvalue weighted by molar-refractivity contribution is 0.475. The Kier molecular flexibility index (Phi) is 4.96. The van der Waals surface area contributed by atoms with Crippen LogP contribution in [-0.4, -0.2) is 12.0 Å². The van der Waals surface area contributed by atoms with E-state index in [-0.39, 0.29) is 6.04 Å². The first-order valence-corrected chi connectivity index (χ1v) is 7.45. The van der Waals surface area contributed by atoms with Crippen molar-refractivity contribution in [2.45, 2.75) is 13.0 Å². The van der Waals surface area contributed by atoms with Gasteiger partial charge in [-0.3, -0.25) is 4.98 Å². The third kappa shape index (κ3) is 3.78. The van der Waals surface area contributed by atoms with Gasteiger partial charge >= 0.3 is 0 Å². The minimum absolute atomic E-state index is 0.230. The lowest BCUT2D eigenvalue weighted by atomic mass is 10.2. The van der Waals surface area contributed by atoms with Crippen molar-refractivity contribution in [3.8, 4) is 11.5 Å². The lowest BCUT2D eigenvalue weighted by Gasteiger charge is -2.11. The minimum Gasteiger partial charge on any atom is -0.455 e. The molecule has 2 aromatic rings. The van der Waals surface area contributed by atoms with E-state index in [1.807, 2.05) is 37.4 Å². The maximum Gasteiger partial charge on any atom is 0.145 e. The predicted molar refractivity (Wildman–Crippen MR) is 83.6 cm³/mol. The molecule has 0 fully saturated rings. The van der Waals surface area contributed by atoms with E-state index in [2.05, 4.69) is 49.1 Å². The monoisotopic (exact) mass is 384 g/mol. The molecule has 1 aromatic carbocycles. The molecule has 0 saturated carbocycles. The van der Waals surface area contributed by atoms with Crippen molar-refractivity contribution in [1.29, 1.82) is 0 Å². The third-order valence-corrected chi connectivity index (χ3v) is 3.87. The largest absolute Gasteiger partial charge is 0.455 e. The summed E-state index contributed by atoms with van der Waals surface area (Å²) in [5.41, 5.74) is 0.990. The van der Waals surface area contributed by atoms with E-state index in [0.29, 0.717) is 0 Å². The quantitative estimate of drug-likeness (QED) is 0.829. The SMILES string of the molecule is CNC(C)c1ccc(Oc2ccc(Br)cc2Br)cn1. The summed E-state index contributed by atoms with van der Waals surface area (Å²) in [7, 11) is 1.91. The number of hydrogen-bond acceptors (Lipinski definition) is 3. The summed E-state index contributed by atoms with van der Waals surface area (Å²) < 4.78 is 7.68. The number of pyridine rings is 1. The number of hydrogen-bond donors (Lipinski definition) is 1. The summed E-state index contributed by atoms with van der Waals surface area (Å²) in [4.78, 5) is 4.38. The molecule has 0 aliphatic carbocycles. The molecule has 1 N–H and O–H groups in total. The Hall–Kier alpha value is -0.910. The molecule has 1 unspecified atom stereocenters. The van der Waals surface area contributed by atoms with Crippen LogP contribution in [-0.2, 0) is 0 Å². The average molecular weight is 386 g/mol. The van der Waals surface area contributed by atoms with Crippen molar-refractivity contribution in [2.75, 3.05) is 7.05 Å². The molecular weight excluding hydrogens is 372 g/mol. The van der Waals surface area contributed by atoms with Gasteiger partial charge in [0.15, 0.2) is 0 Å². The van der Waals surface area contributed by atoms with Crippen LogP contribution >= 0.6 is 31.9 Å². The van der Waals surface area contributed by atoms with Crippen LogP contribution in [0.5, 0.6) is 11.5 Å². The number of nitrogens with one attached hydrogen (secondary N) is 1. The van der Waals surface area contributed by atoms with Crippen molar-refractivity contribution >= 4 is 31.9 Å². The summed E-state index contributed by atoms with van der Waals surface area (Å²) in [5, 5.41) is 3.15. The molecule has 19 heavy (non-hydrogen) atoms. The minimum atomic E-state index is 0.230. The van der Waals surface area contributed by atoms with E-state index < -0.39 is 0 Å². The molecule has 0 radical (unpaired) electrons. The highest BCUT2D eigenvalue weighted by atomic mass is 79.9. The Morgan fingerprint density at radius 3 is 2.58 bits per heavy atom. The maximum absolute atomic E-state index is 5.78. The fraction of sp³-hybridized carbons (Fsp3) is 0.214. The summed E-state index contributed by atoms with van der Waals surface area (Å²) in [6.07, 6.45) is 1.73. The fourth-order valence-electron chi connectivity index (χ4n) is 1.54. The highest BCUT2D eigenvalue weighted by Gasteiger charge is 2.06. The van der Waals surface area contributed by atoms with E-state index in [9.17, 15) is 0 Å². The van der Waals surface area contributed by atoms with Crippen LogP contribution < -0.4 is 10.1 Å². The first-order chi connectivity index (χ1) is 9.10. The average Bonchev–Trinajstić information content (AvgIpc) is 2.42. The van der Waals surface area contributed by atoms with Gasteiger partial charge in [-0.1, -0.05) is 15.9 Å². The van der Waals surface area contributed by atoms with E-state index in [4.69, 9.17) is 4.74 Å². The third-order valence-electron chi connectivity index (χ3n) is 2.76. The zero-order valence-electron chi connectivity index (χ0n) is 10.7. The zero-order chi connectivity index (χ0) is 13.8. The van der Waals surface area contributed by atoms with Crippen LogP contribution in [0.25, 0.3) is 0 Å². The van der Waals surface area contributed by atoms with E-state index in [0.717, 1.165) is 26.1 Å². The second-order valence-corrected chi connectivity index (χ2v) is 5.88. The molecule has 0 aliphatic rings. The summed E-state index contributed by atoms with van der Waals surface area (Å²) in [6, 6.07) is 9.89. The normalized spacial score (nSPS) is 12.2. The molecule has 0 spiro atoms. The molecule has 0 bridgehead atoms. The standard InChI is InChI=1S/C14H14Br2N2O/c1-9(17-2)13-5-4-11(8-18-13)19-14-6-3-10(15)7-12(14)16/h3-9,17H,1-2H3. The highest BCUT2D eigenvalue weighted by molar-refractivity contribution is 9.11. The summed E-state index contributed by atoms with van der Waals surface area (Å²) >= 11 is 6.88. The van der Waals surface area contributed by atoms with Gasteiger partial charge in [-0.15, -0.1) is 0 Å². The molecular formula is C14H14Br2N2O. The van der Waals surface area contributed by atoms with Gasteiger partial charge in [0.05, 0.1) is 16.4 Å². The molecule has 0 aliphatic heterocycles. The Labute approximate surface area is 129 Å². The molecule has 2 rings (SSSR count). The Morgan fingerprint density at radius 2 is 2.00 bits per heavy atom. The van der Waals surface area contributed by atoms with Crippen LogP contribution in [0, 0.1) is 0 Å². The van der Waals surface area contributed by atoms with Gasteiger partial charge in [0, 0.05) is 10.5 Å². The smallest absolute Gasteiger partial charge is 0.145 e. The van der Waals surface area contributed by atoms with Crippen molar-refractivity contribution in [1.82, 2.24) is 10.3 Å². The Bertz CT molecular complexity index is 558. The van der Waals surface area contributed by atoms with E-state index in [1.165, 1.54) is 0 Å². The molecule has 1 atom stereocenters. The lowest BCUT2D eigenvalue weighted by Crippen LogP contribution is -2.13. The predicted octanol–water partition coefficient (Wildman–Crippen LogP) is 4.68. The number of rotatable bonds is 4. The van der Waals surface area contributed by atoms with Crippen molar-refractivity contribution in [2.24, 2.45) is 0 Å². The Morgan fingerprint density at radius 1 is 1.21 bits per heavy atom. The first kappa shape index (κ1) is 14.5. The summed E-state index contributed by atoms with van der Waals surface area (Å²) in [5.74, 6) is 1.48. The van der Waals surface area contributed by atoms with Crippen LogP contribution in [0.15, 0.2) is 45.5 Å². The highest BCUT2D eigenvalue weighted by Crippen LogP contribution is 2.31. The van der Waals surface area contributed by atoms with E-state index >= 15 is 0 Å². The molecule has 1 heterocycles. The van der Waals surface area contributed by atoms with Crippen molar-refractivity contribution in [3.63, 3.8) is 0 Å². The fourth-order valence-corrected chi connectivity index (χ4v) is 2.67.